The molecule has 2 aromatic carbocycles. The number of rotatable bonds is 5. The van der Waals surface area contributed by atoms with Gasteiger partial charge in [0.25, 0.3) is 0 Å². The number of aromatic nitrogens is 2. The maximum absolute atomic E-state index is 12.5. The van der Waals surface area contributed by atoms with E-state index in [1.54, 1.807) is 6.07 Å². The van der Waals surface area contributed by atoms with Crippen molar-refractivity contribution in [2.75, 3.05) is 6.61 Å². The monoisotopic (exact) mass is 348 g/mol. The van der Waals surface area contributed by atoms with Gasteiger partial charge in [0.1, 0.15) is 5.69 Å². The molecule has 0 fully saturated rings. The van der Waals surface area contributed by atoms with E-state index in [-0.39, 0.29) is 18.8 Å². The van der Waals surface area contributed by atoms with Gasteiger partial charge < -0.3 is 14.2 Å². The number of ether oxygens (including phenoxy) is 1. The Bertz CT molecular complexity index is 1120. The number of aromatic amines is 1. The highest BCUT2D eigenvalue weighted by molar-refractivity contribution is 6.10. The molecule has 0 amide bonds. The van der Waals surface area contributed by atoms with Crippen LogP contribution >= 0.6 is 0 Å². The quantitative estimate of drug-likeness (QED) is 0.440. The van der Waals surface area contributed by atoms with Gasteiger partial charge in [0.15, 0.2) is 12.2 Å². The second-order valence-corrected chi connectivity index (χ2v) is 6.06. The molecule has 0 aliphatic carbocycles. The zero-order chi connectivity index (χ0) is 18.1. The number of H-pyrrole nitrogens is 1. The van der Waals surface area contributed by atoms with E-state index in [1.165, 1.54) is 0 Å². The van der Waals surface area contributed by atoms with Crippen molar-refractivity contribution in [2.24, 2.45) is 0 Å². The summed E-state index contributed by atoms with van der Waals surface area (Å²) in [7, 11) is 0. The first kappa shape index (κ1) is 16.1. The summed E-state index contributed by atoms with van der Waals surface area (Å²) in [5, 5.41) is 5.50. The number of benzene rings is 2. The van der Waals surface area contributed by atoms with E-state index in [9.17, 15) is 9.59 Å². The molecular formula is C20H16N2O4. The molecule has 1 N–H and O–H groups in total. The topological polar surface area (TPSA) is 85.2 Å². The first-order valence-electron chi connectivity index (χ1n) is 8.23. The summed E-state index contributed by atoms with van der Waals surface area (Å²) in [5.74, 6) is -0.756. The highest BCUT2D eigenvalue weighted by Gasteiger charge is 2.19. The summed E-state index contributed by atoms with van der Waals surface area (Å²) in [4.78, 5) is 27.8. The lowest BCUT2D eigenvalue weighted by Gasteiger charge is -2.04. The van der Waals surface area contributed by atoms with Gasteiger partial charge in [0.2, 0.25) is 5.78 Å². The third-order valence-corrected chi connectivity index (χ3v) is 4.30. The van der Waals surface area contributed by atoms with Crippen LogP contribution in [0.4, 0.5) is 0 Å². The van der Waals surface area contributed by atoms with Crippen LogP contribution in [0.5, 0.6) is 0 Å². The predicted octanol–water partition coefficient (Wildman–Crippen LogP) is 3.59. The zero-order valence-corrected chi connectivity index (χ0v) is 14.1. The van der Waals surface area contributed by atoms with Crippen LogP contribution in [-0.4, -0.2) is 28.5 Å². The Labute approximate surface area is 148 Å². The van der Waals surface area contributed by atoms with Crippen LogP contribution in [0.3, 0.4) is 0 Å². The van der Waals surface area contributed by atoms with E-state index in [1.807, 2.05) is 49.4 Å². The molecule has 0 unspecified atom stereocenters. The van der Waals surface area contributed by atoms with Crippen LogP contribution < -0.4 is 0 Å². The molecule has 4 rings (SSSR count). The molecule has 130 valence electrons. The van der Waals surface area contributed by atoms with Crippen molar-refractivity contribution in [1.82, 2.24) is 10.1 Å². The van der Waals surface area contributed by atoms with Crippen molar-refractivity contribution in [3.05, 3.63) is 65.5 Å². The Morgan fingerprint density at radius 3 is 2.65 bits per heavy atom. The van der Waals surface area contributed by atoms with Crippen LogP contribution in [0, 0.1) is 6.92 Å². The standard InChI is InChI=1S/C20H16N2O4/c1-12-20(14-7-2-4-8-15(14)21-12)17(23)11-25-19(24)10-16-13-6-3-5-9-18(13)26-22-16/h2-9,21H,10-11H2,1H3. The fourth-order valence-electron chi connectivity index (χ4n) is 3.11. The van der Waals surface area contributed by atoms with Crippen molar-refractivity contribution in [2.45, 2.75) is 13.3 Å². The summed E-state index contributed by atoms with van der Waals surface area (Å²) < 4.78 is 10.3. The largest absolute Gasteiger partial charge is 0.457 e. The number of nitrogens with zero attached hydrogens (tertiary/aromatic N) is 1. The lowest BCUT2D eigenvalue weighted by molar-refractivity contribution is -0.141. The summed E-state index contributed by atoms with van der Waals surface area (Å²) in [5.41, 5.74) is 3.31. The number of hydrogen-bond donors (Lipinski definition) is 1. The van der Waals surface area contributed by atoms with Gasteiger partial charge in [0, 0.05) is 27.5 Å². The molecule has 0 aliphatic rings. The lowest BCUT2D eigenvalue weighted by Crippen LogP contribution is -2.16. The van der Waals surface area contributed by atoms with Crippen molar-refractivity contribution in [3.8, 4) is 0 Å². The van der Waals surface area contributed by atoms with Crippen LogP contribution in [0.1, 0.15) is 21.7 Å². The van der Waals surface area contributed by atoms with Gasteiger partial charge in [0.05, 0.1) is 6.42 Å². The predicted molar refractivity (Wildman–Crippen MR) is 96.0 cm³/mol. The maximum Gasteiger partial charge on any atom is 0.312 e. The lowest BCUT2D eigenvalue weighted by atomic mass is 10.1. The molecule has 0 atom stereocenters. The van der Waals surface area contributed by atoms with Crippen LogP contribution in [0.15, 0.2) is 53.1 Å². The van der Waals surface area contributed by atoms with Crippen molar-refractivity contribution in [1.29, 1.82) is 0 Å². The smallest absolute Gasteiger partial charge is 0.312 e. The second kappa shape index (κ2) is 6.48. The highest BCUT2D eigenvalue weighted by atomic mass is 16.5. The number of fused-ring (bicyclic) bond motifs is 2. The molecule has 4 aromatic rings. The number of nitrogens with one attached hydrogen (secondary N) is 1. The van der Waals surface area contributed by atoms with Gasteiger partial charge >= 0.3 is 5.97 Å². The molecule has 6 nitrogen and oxygen atoms in total. The number of para-hydroxylation sites is 2. The van der Waals surface area contributed by atoms with E-state index in [2.05, 4.69) is 10.1 Å². The van der Waals surface area contributed by atoms with Gasteiger partial charge in [-0.1, -0.05) is 35.5 Å². The first-order valence-corrected chi connectivity index (χ1v) is 8.23. The van der Waals surface area contributed by atoms with Gasteiger partial charge in [-0.2, -0.15) is 0 Å². The van der Waals surface area contributed by atoms with Gasteiger partial charge in [-0.25, -0.2) is 0 Å². The molecule has 0 spiro atoms. The molecular weight excluding hydrogens is 332 g/mol. The van der Waals surface area contributed by atoms with Crippen molar-refractivity contribution in [3.63, 3.8) is 0 Å². The third kappa shape index (κ3) is 2.86. The highest BCUT2D eigenvalue weighted by Crippen LogP contribution is 2.22. The third-order valence-electron chi connectivity index (χ3n) is 4.30. The molecule has 0 radical (unpaired) electrons. The minimum Gasteiger partial charge on any atom is -0.457 e. The average Bonchev–Trinajstić information content (AvgIpc) is 3.20. The Hall–Kier alpha value is -3.41. The molecule has 0 saturated heterocycles. The Morgan fingerprint density at radius 1 is 1.08 bits per heavy atom. The van der Waals surface area contributed by atoms with Crippen molar-refractivity contribution >= 4 is 33.6 Å². The maximum atomic E-state index is 12.5. The van der Waals surface area contributed by atoms with Gasteiger partial charge in [-0.3, -0.25) is 9.59 Å². The zero-order valence-electron chi connectivity index (χ0n) is 14.1. The number of ketones is 1. The number of Topliss-reactive ketones (excluding diaryl/α,β-unsaturated/α-hetero) is 1. The second-order valence-electron chi connectivity index (χ2n) is 6.06. The SMILES string of the molecule is Cc1[nH]c2ccccc2c1C(=O)COC(=O)Cc1noc2ccccc12. The number of hydrogen-bond acceptors (Lipinski definition) is 5. The number of carbonyl (C=O) groups excluding carboxylic acids is 2. The fraction of sp³-hybridized carbons (Fsp3) is 0.150. The van der Waals surface area contributed by atoms with Crippen LogP contribution in [-0.2, 0) is 16.0 Å². The van der Waals surface area contributed by atoms with E-state index in [0.29, 0.717) is 16.8 Å². The number of esters is 1. The average molecular weight is 348 g/mol. The molecule has 0 bridgehead atoms. The van der Waals surface area contributed by atoms with E-state index >= 15 is 0 Å². The molecule has 2 aromatic heterocycles. The normalized spacial score (nSPS) is 11.1. The summed E-state index contributed by atoms with van der Waals surface area (Å²) in [6, 6.07) is 14.8. The Balaban J connectivity index is 1.45. The fourth-order valence-corrected chi connectivity index (χ4v) is 3.11. The number of aryl methyl sites for hydroxylation is 1. The summed E-state index contributed by atoms with van der Waals surface area (Å²) in [6.45, 7) is 1.52. The minimum absolute atomic E-state index is 0.0445. The summed E-state index contributed by atoms with van der Waals surface area (Å²) in [6.07, 6.45) is -0.0445. The van der Waals surface area contributed by atoms with E-state index < -0.39 is 5.97 Å². The van der Waals surface area contributed by atoms with E-state index in [4.69, 9.17) is 9.26 Å². The minimum atomic E-state index is -0.519. The summed E-state index contributed by atoms with van der Waals surface area (Å²) >= 11 is 0. The molecule has 2 heterocycles. The van der Waals surface area contributed by atoms with Crippen LogP contribution in [0.2, 0.25) is 0 Å². The van der Waals surface area contributed by atoms with Gasteiger partial charge in [-0.05, 0) is 25.1 Å². The van der Waals surface area contributed by atoms with Crippen LogP contribution in [0.25, 0.3) is 21.9 Å². The Morgan fingerprint density at radius 2 is 1.81 bits per heavy atom. The molecule has 6 heteroatoms. The Kier molecular flexibility index (Phi) is 4.01. The molecule has 0 aliphatic heterocycles. The first-order chi connectivity index (χ1) is 12.6. The number of carbonyl (C=O) groups is 2. The molecule has 26 heavy (non-hydrogen) atoms. The van der Waals surface area contributed by atoms with Gasteiger partial charge in [-0.15, -0.1) is 0 Å². The van der Waals surface area contributed by atoms with E-state index in [0.717, 1.165) is 22.0 Å². The van der Waals surface area contributed by atoms with Crippen molar-refractivity contribution < 1.29 is 18.8 Å². The molecule has 0 saturated carbocycles.